The van der Waals surface area contributed by atoms with Gasteiger partial charge in [-0.15, -0.1) is 0 Å². The Morgan fingerprint density at radius 2 is 2.06 bits per heavy atom. The van der Waals surface area contributed by atoms with Crippen LogP contribution in [0.3, 0.4) is 0 Å². The maximum atomic E-state index is 14.0. The summed E-state index contributed by atoms with van der Waals surface area (Å²) in [7, 11) is -3.64. The Bertz CT molecular complexity index is 1170. The predicted molar refractivity (Wildman–Crippen MR) is 112 cm³/mol. The number of hydrogen-bond donors (Lipinski definition) is 2. The van der Waals surface area contributed by atoms with Gasteiger partial charge in [-0.25, -0.2) is 27.5 Å². The zero-order valence-electron chi connectivity index (χ0n) is 17.4. The molecule has 1 aromatic heterocycles. The number of halogens is 1. The highest BCUT2D eigenvalue weighted by Gasteiger charge is 2.29. The maximum absolute atomic E-state index is 14.0. The molecule has 32 heavy (non-hydrogen) atoms. The summed E-state index contributed by atoms with van der Waals surface area (Å²) in [5.41, 5.74) is 0.714. The van der Waals surface area contributed by atoms with Crippen LogP contribution < -0.4 is 14.8 Å². The highest BCUT2D eigenvalue weighted by molar-refractivity contribution is 7.89. The van der Waals surface area contributed by atoms with E-state index in [1.807, 2.05) is 0 Å². The Kier molecular flexibility index (Phi) is 6.20. The first kappa shape index (κ1) is 22.3. The standard InChI is InChI=1S/C21H23FN4O5S/c1-12(14-6-7-16(22)17(9-14)31-11-13-4-5-13)26-32(29,30)8-2-3-18-23-10-15-19(24-18)21(28)25-20(15)27/h6-7,9-10,12-13,26H,2-5,8,11H2,1H3,(H,25,27,28)/t12-/m1/s1. The molecule has 0 unspecified atom stereocenters. The molecule has 2 N–H and O–H groups in total. The Balaban J connectivity index is 1.32. The SMILES string of the molecule is C[C@@H](NS(=O)(=O)CCCc1ncc2c(n1)C(=O)NC2=O)c1ccc(F)c(OCC2CC2)c1. The van der Waals surface area contributed by atoms with Gasteiger partial charge in [-0.3, -0.25) is 14.9 Å². The van der Waals surface area contributed by atoms with Crippen molar-refractivity contribution in [1.82, 2.24) is 20.0 Å². The van der Waals surface area contributed by atoms with Gasteiger partial charge in [0, 0.05) is 18.7 Å². The number of carbonyl (C=O) groups excluding carboxylic acids is 2. The molecule has 0 spiro atoms. The number of rotatable bonds is 10. The molecule has 2 aromatic rings. The number of carbonyl (C=O) groups is 2. The van der Waals surface area contributed by atoms with Crippen molar-refractivity contribution < 1.29 is 27.1 Å². The number of aryl methyl sites for hydroxylation is 1. The molecule has 1 aromatic carbocycles. The predicted octanol–water partition coefficient (Wildman–Crippen LogP) is 1.90. The average Bonchev–Trinajstić information content (AvgIpc) is 3.52. The van der Waals surface area contributed by atoms with E-state index in [1.54, 1.807) is 6.92 Å². The lowest BCUT2D eigenvalue weighted by atomic mass is 10.1. The van der Waals surface area contributed by atoms with Crippen LogP contribution in [-0.2, 0) is 16.4 Å². The Labute approximate surface area is 184 Å². The van der Waals surface area contributed by atoms with Crippen LogP contribution >= 0.6 is 0 Å². The van der Waals surface area contributed by atoms with E-state index < -0.39 is 33.7 Å². The van der Waals surface area contributed by atoms with E-state index in [1.165, 1.54) is 24.4 Å². The highest BCUT2D eigenvalue weighted by atomic mass is 32.2. The molecule has 0 saturated heterocycles. The van der Waals surface area contributed by atoms with Crippen molar-refractivity contribution in [1.29, 1.82) is 0 Å². The van der Waals surface area contributed by atoms with Gasteiger partial charge in [0.2, 0.25) is 10.0 Å². The summed E-state index contributed by atoms with van der Waals surface area (Å²) in [6, 6.07) is 3.75. The normalized spacial score (nSPS) is 16.6. The number of nitrogens with one attached hydrogen (secondary N) is 2. The van der Waals surface area contributed by atoms with E-state index >= 15 is 0 Å². The Morgan fingerprint density at radius 1 is 1.28 bits per heavy atom. The largest absolute Gasteiger partial charge is 0.490 e. The second kappa shape index (κ2) is 8.91. The zero-order chi connectivity index (χ0) is 22.9. The van der Waals surface area contributed by atoms with E-state index in [0.29, 0.717) is 18.1 Å². The third-order valence-electron chi connectivity index (χ3n) is 5.32. The average molecular weight is 463 g/mol. The van der Waals surface area contributed by atoms with Crippen LogP contribution in [0.2, 0.25) is 0 Å². The first-order valence-electron chi connectivity index (χ1n) is 10.4. The molecule has 1 aliphatic heterocycles. The quantitative estimate of drug-likeness (QED) is 0.516. The third-order valence-corrected chi connectivity index (χ3v) is 6.86. The molecule has 0 radical (unpaired) electrons. The summed E-state index contributed by atoms with van der Waals surface area (Å²) in [5, 5.41) is 2.13. The molecule has 1 saturated carbocycles. The monoisotopic (exact) mass is 462 g/mol. The Hall–Kier alpha value is -2.92. The Morgan fingerprint density at radius 3 is 2.81 bits per heavy atom. The fourth-order valence-electron chi connectivity index (χ4n) is 3.32. The lowest BCUT2D eigenvalue weighted by Crippen LogP contribution is -2.29. The second-order valence-corrected chi connectivity index (χ2v) is 9.91. The van der Waals surface area contributed by atoms with E-state index in [4.69, 9.17) is 4.74 Å². The molecule has 1 aliphatic carbocycles. The smallest absolute Gasteiger partial charge is 0.277 e. The third kappa shape index (κ3) is 5.28. The van der Waals surface area contributed by atoms with Crippen LogP contribution in [-0.4, -0.2) is 42.6 Å². The van der Waals surface area contributed by atoms with Crippen LogP contribution in [0.4, 0.5) is 4.39 Å². The number of amides is 2. The molecule has 1 fully saturated rings. The van der Waals surface area contributed by atoms with Crippen molar-refractivity contribution in [2.45, 2.75) is 38.6 Å². The minimum atomic E-state index is -3.64. The molecule has 2 amide bonds. The number of aromatic nitrogens is 2. The number of hydrogen-bond acceptors (Lipinski definition) is 7. The van der Waals surface area contributed by atoms with E-state index in [2.05, 4.69) is 20.0 Å². The van der Waals surface area contributed by atoms with Crippen LogP contribution in [0.15, 0.2) is 24.4 Å². The number of fused-ring (bicyclic) bond motifs is 1. The van der Waals surface area contributed by atoms with Crippen molar-refractivity contribution in [3.8, 4) is 5.75 Å². The van der Waals surface area contributed by atoms with E-state index in [9.17, 15) is 22.4 Å². The second-order valence-electron chi connectivity index (χ2n) is 8.04. The van der Waals surface area contributed by atoms with E-state index in [-0.39, 0.29) is 41.4 Å². The zero-order valence-corrected chi connectivity index (χ0v) is 18.2. The number of benzene rings is 1. The molecule has 2 heterocycles. The maximum Gasteiger partial charge on any atom is 0.277 e. The number of ether oxygens (including phenoxy) is 1. The van der Waals surface area contributed by atoms with Gasteiger partial charge >= 0.3 is 0 Å². The van der Waals surface area contributed by atoms with Gasteiger partial charge in [-0.1, -0.05) is 6.07 Å². The number of nitrogens with zero attached hydrogens (tertiary/aromatic N) is 2. The van der Waals surface area contributed by atoms with Crippen LogP contribution in [0.1, 0.15) is 64.5 Å². The van der Waals surface area contributed by atoms with Gasteiger partial charge in [-0.05, 0) is 49.8 Å². The number of imide groups is 1. The number of sulfonamides is 1. The first-order valence-corrected chi connectivity index (χ1v) is 12.0. The molecule has 170 valence electrons. The molecule has 4 rings (SSSR count). The fraction of sp³-hybridized carbons (Fsp3) is 0.429. The molecule has 2 aliphatic rings. The van der Waals surface area contributed by atoms with Crippen molar-refractivity contribution in [2.75, 3.05) is 12.4 Å². The van der Waals surface area contributed by atoms with Crippen molar-refractivity contribution in [3.05, 3.63) is 52.9 Å². The van der Waals surface area contributed by atoms with Crippen LogP contribution in [0.5, 0.6) is 5.75 Å². The van der Waals surface area contributed by atoms with Gasteiger partial charge in [0.1, 0.15) is 11.5 Å². The van der Waals surface area contributed by atoms with Crippen molar-refractivity contribution >= 4 is 21.8 Å². The molecule has 9 nitrogen and oxygen atoms in total. The molecule has 11 heteroatoms. The summed E-state index contributed by atoms with van der Waals surface area (Å²) in [6.45, 7) is 2.13. The molecular formula is C21H23FN4O5S. The van der Waals surface area contributed by atoms with Gasteiger partial charge in [0.15, 0.2) is 11.6 Å². The highest BCUT2D eigenvalue weighted by Crippen LogP contribution is 2.31. The minimum Gasteiger partial charge on any atom is -0.490 e. The summed E-state index contributed by atoms with van der Waals surface area (Å²) in [5.74, 6) is -0.914. The van der Waals surface area contributed by atoms with Gasteiger partial charge in [-0.2, -0.15) is 0 Å². The summed E-state index contributed by atoms with van der Waals surface area (Å²) >= 11 is 0. The molecule has 1 atom stereocenters. The summed E-state index contributed by atoms with van der Waals surface area (Å²) in [4.78, 5) is 31.3. The first-order chi connectivity index (χ1) is 15.2. The van der Waals surface area contributed by atoms with E-state index in [0.717, 1.165) is 12.8 Å². The van der Waals surface area contributed by atoms with Gasteiger partial charge < -0.3 is 4.74 Å². The topological polar surface area (TPSA) is 127 Å². The lowest BCUT2D eigenvalue weighted by Gasteiger charge is -2.16. The summed E-state index contributed by atoms with van der Waals surface area (Å²) < 4.78 is 47.1. The minimum absolute atomic E-state index is 0.00521. The van der Waals surface area contributed by atoms with Gasteiger partial charge in [0.25, 0.3) is 11.8 Å². The van der Waals surface area contributed by atoms with Crippen LogP contribution in [0, 0.1) is 11.7 Å². The van der Waals surface area contributed by atoms with Crippen molar-refractivity contribution in [3.63, 3.8) is 0 Å². The van der Waals surface area contributed by atoms with Crippen molar-refractivity contribution in [2.24, 2.45) is 5.92 Å². The summed E-state index contributed by atoms with van der Waals surface area (Å²) in [6.07, 6.45) is 3.87. The lowest BCUT2D eigenvalue weighted by molar-refractivity contribution is 0.0878. The molecular weight excluding hydrogens is 439 g/mol. The fourth-order valence-corrected chi connectivity index (χ4v) is 4.63. The van der Waals surface area contributed by atoms with Gasteiger partial charge in [0.05, 0.1) is 17.9 Å². The molecule has 0 bridgehead atoms. The van der Waals surface area contributed by atoms with Crippen LogP contribution in [0.25, 0.3) is 0 Å².